The third-order valence-corrected chi connectivity index (χ3v) is 5.09. The molecule has 5 nitrogen and oxygen atoms in total. The van der Waals surface area contributed by atoms with Gasteiger partial charge >= 0.3 is 6.03 Å². The summed E-state index contributed by atoms with van der Waals surface area (Å²) >= 11 is 0. The first-order valence-corrected chi connectivity index (χ1v) is 10.5. The van der Waals surface area contributed by atoms with Gasteiger partial charge in [0.1, 0.15) is 0 Å². The van der Waals surface area contributed by atoms with Crippen LogP contribution in [0.2, 0.25) is 0 Å². The van der Waals surface area contributed by atoms with Crippen LogP contribution >= 0.6 is 0 Å². The number of anilines is 1. The minimum atomic E-state index is -0.225. The first-order valence-electron chi connectivity index (χ1n) is 10.5. The number of rotatable bonds is 8. The summed E-state index contributed by atoms with van der Waals surface area (Å²) in [6.45, 7) is 4.71. The summed E-state index contributed by atoms with van der Waals surface area (Å²) in [7, 11) is 0. The summed E-state index contributed by atoms with van der Waals surface area (Å²) in [5.74, 6) is -0.0856. The van der Waals surface area contributed by atoms with Crippen molar-refractivity contribution < 1.29 is 9.59 Å². The Kier molecular flexibility index (Phi) is 7.82. The molecule has 0 saturated heterocycles. The standard InChI is InChI=1S/C26H29N3O2/c1-20-13-15-24(16-14-20)28-26(31)29(19-22-9-5-3-6-10-22)18-17-25(30)27-21(2)23-11-7-4-8-12-23/h3-16,21H,17-19H2,1-2H3,(H,27,30)(H,28,31). The average Bonchev–Trinajstić information content (AvgIpc) is 2.79. The lowest BCUT2D eigenvalue weighted by Gasteiger charge is -2.24. The number of aryl methyl sites for hydroxylation is 1. The Balaban J connectivity index is 1.62. The van der Waals surface area contributed by atoms with Gasteiger partial charge < -0.3 is 15.5 Å². The van der Waals surface area contributed by atoms with Gasteiger partial charge in [-0.3, -0.25) is 4.79 Å². The second kappa shape index (κ2) is 11.0. The van der Waals surface area contributed by atoms with Crippen molar-refractivity contribution in [3.63, 3.8) is 0 Å². The third-order valence-electron chi connectivity index (χ3n) is 5.09. The van der Waals surface area contributed by atoms with E-state index in [1.807, 2.05) is 98.8 Å². The van der Waals surface area contributed by atoms with Gasteiger partial charge in [0.25, 0.3) is 0 Å². The molecule has 31 heavy (non-hydrogen) atoms. The number of carbonyl (C=O) groups excluding carboxylic acids is 2. The molecule has 3 aromatic carbocycles. The van der Waals surface area contributed by atoms with E-state index in [0.29, 0.717) is 13.1 Å². The first-order chi connectivity index (χ1) is 15.0. The van der Waals surface area contributed by atoms with Gasteiger partial charge in [0.05, 0.1) is 6.04 Å². The van der Waals surface area contributed by atoms with Gasteiger partial charge in [-0.25, -0.2) is 4.79 Å². The molecule has 0 radical (unpaired) electrons. The van der Waals surface area contributed by atoms with Crippen molar-refractivity contribution in [2.45, 2.75) is 32.9 Å². The smallest absolute Gasteiger partial charge is 0.322 e. The molecule has 3 amide bonds. The van der Waals surface area contributed by atoms with Gasteiger partial charge in [0.2, 0.25) is 5.91 Å². The number of amides is 3. The molecule has 1 unspecified atom stereocenters. The van der Waals surface area contributed by atoms with Crippen LogP contribution in [0.1, 0.15) is 36.1 Å². The van der Waals surface area contributed by atoms with Crippen molar-refractivity contribution in [1.29, 1.82) is 0 Å². The highest BCUT2D eigenvalue weighted by Crippen LogP contribution is 2.14. The zero-order valence-corrected chi connectivity index (χ0v) is 18.0. The van der Waals surface area contributed by atoms with Crippen molar-refractivity contribution in [3.05, 3.63) is 102 Å². The number of hydrogen-bond donors (Lipinski definition) is 2. The Bertz CT molecular complexity index is 973. The number of benzene rings is 3. The maximum Gasteiger partial charge on any atom is 0.322 e. The first kappa shape index (κ1) is 22.1. The molecule has 2 N–H and O–H groups in total. The summed E-state index contributed by atoms with van der Waals surface area (Å²) in [6, 6.07) is 27.0. The minimum absolute atomic E-state index is 0.0855. The van der Waals surface area contributed by atoms with E-state index in [1.54, 1.807) is 4.90 Å². The van der Waals surface area contributed by atoms with Gasteiger partial charge in [-0.1, -0.05) is 78.4 Å². The maximum absolute atomic E-state index is 12.9. The van der Waals surface area contributed by atoms with Crippen molar-refractivity contribution in [3.8, 4) is 0 Å². The molecule has 0 heterocycles. The van der Waals surface area contributed by atoms with Crippen LogP contribution < -0.4 is 10.6 Å². The molecule has 0 bridgehead atoms. The van der Waals surface area contributed by atoms with Crippen molar-refractivity contribution in [1.82, 2.24) is 10.2 Å². The Morgan fingerprint density at radius 2 is 1.48 bits per heavy atom. The number of hydrogen-bond acceptors (Lipinski definition) is 2. The highest BCUT2D eigenvalue weighted by atomic mass is 16.2. The second-order valence-corrected chi connectivity index (χ2v) is 7.65. The summed E-state index contributed by atoms with van der Waals surface area (Å²) in [5.41, 5.74) is 3.92. The lowest BCUT2D eigenvalue weighted by atomic mass is 10.1. The molecule has 3 aromatic rings. The van der Waals surface area contributed by atoms with Gasteiger partial charge in [0, 0.05) is 25.2 Å². The van der Waals surface area contributed by atoms with Crippen LogP contribution in [-0.2, 0) is 11.3 Å². The number of carbonyl (C=O) groups is 2. The minimum Gasteiger partial charge on any atom is -0.350 e. The molecule has 0 aromatic heterocycles. The molecule has 0 aliphatic heterocycles. The van der Waals surface area contributed by atoms with Gasteiger partial charge in [-0.2, -0.15) is 0 Å². The normalized spacial score (nSPS) is 11.4. The Morgan fingerprint density at radius 3 is 2.13 bits per heavy atom. The fraction of sp³-hybridized carbons (Fsp3) is 0.231. The van der Waals surface area contributed by atoms with E-state index in [4.69, 9.17) is 0 Å². The lowest BCUT2D eigenvalue weighted by molar-refractivity contribution is -0.121. The van der Waals surface area contributed by atoms with Crippen LogP contribution in [0.15, 0.2) is 84.9 Å². The topological polar surface area (TPSA) is 61.4 Å². The van der Waals surface area contributed by atoms with E-state index in [-0.39, 0.29) is 24.4 Å². The fourth-order valence-corrected chi connectivity index (χ4v) is 3.27. The summed E-state index contributed by atoms with van der Waals surface area (Å²) in [4.78, 5) is 27.1. The SMILES string of the molecule is Cc1ccc(NC(=O)N(CCC(=O)NC(C)c2ccccc2)Cc2ccccc2)cc1. The lowest BCUT2D eigenvalue weighted by Crippen LogP contribution is -2.38. The van der Waals surface area contributed by atoms with E-state index in [2.05, 4.69) is 10.6 Å². The van der Waals surface area contributed by atoms with Crippen LogP contribution in [0.4, 0.5) is 10.5 Å². The molecule has 0 saturated carbocycles. The molecule has 0 fully saturated rings. The molecule has 5 heteroatoms. The molecular formula is C26H29N3O2. The molecule has 0 aliphatic carbocycles. The molecule has 0 spiro atoms. The van der Waals surface area contributed by atoms with E-state index in [9.17, 15) is 9.59 Å². The fourth-order valence-electron chi connectivity index (χ4n) is 3.27. The molecule has 160 valence electrons. The number of nitrogens with zero attached hydrogens (tertiary/aromatic N) is 1. The van der Waals surface area contributed by atoms with Gasteiger partial charge in [0.15, 0.2) is 0 Å². The Morgan fingerprint density at radius 1 is 0.871 bits per heavy atom. The quantitative estimate of drug-likeness (QED) is 0.525. The second-order valence-electron chi connectivity index (χ2n) is 7.65. The van der Waals surface area contributed by atoms with E-state index in [0.717, 1.165) is 22.4 Å². The number of urea groups is 1. The van der Waals surface area contributed by atoms with Crippen LogP contribution in [0.3, 0.4) is 0 Å². The summed E-state index contributed by atoms with van der Waals surface area (Å²) in [6.07, 6.45) is 0.228. The largest absolute Gasteiger partial charge is 0.350 e. The Hall–Kier alpha value is -3.60. The van der Waals surface area contributed by atoms with E-state index < -0.39 is 0 Å². The van der Waals surface area contributed by atoms with E-state index >= 15 is 0 Å². The summed E-state index contributed by atoms with van der Waals surface area (Å²) in [5, 5.41) is 5.95. The van der Waals surface area contributed by atoms with Crippen LogP contribution in [0.25, 0.3) is 0 Å². The molecule has 0 aliphatic rings. The predicted molar refractivity (Wildman–Crippen MR) is 125 cm³/mol. The monoisotopic (exact) mass is 415 g/mol. The third kappa shape index (κ3) is 7.00. The zero-order chi connectivity index (χ0) is 22.1. The number of nitrogens with one attached hydrogen (secondary N) is 2. The summed E-state index contributed by atoms with van der Waals surface area (Å²) < 4.78 is 0. The molecule has 3 rings (SSSR count). The zero-order valence-electron chi connectivity index (χ0n) is 18.0. The van der Waals surface area contributed by atoms with Gasteiger partial charge in [-0.15, -0.1) is 0 Å². The molecule has 1 atom stereocenters. The molecular weight excluding hydrogens is 386 g/mol. The van der Waals surface area contributed by atoms with Crippen molar-refractivity contribution >= 4 is 17.6 Å². The highest BCUT2D eigenvalue weighted by molar-refractivity contribution is 5.89. The van der Waals surface area contributed by atoms with Crippen LogP contribution in [0, 0.1) is 6.92 Å². The Labute approximate surface area is 184 Å². The average molecular weight is 416 g/mol. The predicted octanol–water partition coefficient (Wildman–Crippen LogP) is 5.30. The van der Waals surface area contributed by atoms with Crippen LogP contribution in [-0.4, -0.2) is 23.4 Å². The van der Waals surface area contributed by atoms with Gasteiger partial charge in [-0.05, 0) is 37.1 Å². The maximum atomic E-state index is 12.9. The van der Waals surface area contributed by atoms with E-state index in [1.165, 1.54) is 0 Å². The highest BCUT2D eigenvalue weighted by Gasteiger charge is 2.17. The van der Waals surface area contributed by atoms with Crippen LogP contribution in [0.5, 0.6) is 0 Å². The van der Waals surface area contributed by atoms with Crippen molar-refractivity contribution in [2.24, 2.45) is 0 Å². The van der Waals surface area contributed by atoms with Crippen molar-refractivity contribution in [2.75, 3.05) is 11.9 Å².